The van der Waals surface area contributed by atoms with E-state index in [1.54, 1.807) is 34.6 Å². The first-order chi connectivity index (χ1) is 16.1. The van der Waals surface area contributed by atoms with Crippen molar-refractivity contribution in [3.05, 3.63) is 74.6 Å². The van der Waals surface area contributed by atoms with Crippen LogP contribution in [-0.4, -0.2) is 60.0 Å². The third-order valence-corrected chi connectivity index (χ3v) is 8.11. The summed E-state index contributed by atoms with van der Waals surface area (Å²) in [5.74, 6) is 0.136. The van der Waals surface area contributed by atoms with E-state index in [1.165, 1.54) is 4.88 Å². The van der Waals surface area contributed by atoms with Crippen molar-refractivity contribution < 1.29 is 9.59 Å². The number of hydrogen-bond donors (Lipinski definition) is 0. The van der Waals surface area contributed by atoms with Crippen LogP contribution in [0.3, 0.4) is 0 Å². The van der Waals surface area contributed by atoms with Gasteiger partial charge in [0.15, 0.2) is 5.78 Å². The van der Waals surface area contributed by atoms with E-state index in [0.717, 1.165) is 54.4 Å². The van der Waals surface area contributed by atoms with E-state index in [1.807, 2.05) is 36.4 Å². The largest absolute Gasteiger partial charge is 0.369 e. The zero-order valence-corrected chi connectivity index (χ0v) is 20.1. The molecular formula is C25H26N4O2S2. The van der Waals surface area contributed by atoms with Crippen molar-refractivity contribution in [1.29, 1.82) is 0 Å². The Bertz CT molecular complexity index is 1130. The number of ketones is 1. The molecule has 170 valence electrons. The third kappa shape index (κ3) is 4.78. The zero-order chi connectivity index (χ0) is 22.8. The highest BCUT2D eigenvalue weighted by atomic mass is 32.1. The normalized spacial score (nSPS) is 19.1. The van der Waals surface area contributed by atoms with Gasteiger partial charge in [-0.1, -0.05) is 12.1 Å². The lowest BCUT2D eigenvalue weighted by Gasteiger charge is -2.36. The summed E-state index contributed by atoms with van der Waals surface area (Å²) in [6.45, 7) is 5.30. The van der Waals surface area contributed by atoms with E-state index in [-0.39, 0.29) is 17.7 Å². The summed E-state index contributed by atoms with van der Waals surface area (Å²) in [5.41, 5.74) is 2.85. The Balaban J connectivity index is 1.23. The van der Waals surface area contributed by atoms with E-state index in [0.29, 0.717) is 6.54 Å². The van der Waals surface area contributed by atoms with Gasteiger partial charge in [0.2, 0.25) is 0 Å². The SMILES string of the molecule is CC(=O)c1ccc(N2CCN(CC(=O)N3N=C(c4cccs4)C[C@@H]3c3cccs3)CC2)cc1. The summed E-state index contributed by atoms with van der Waals surface area (Å²) >= 11 is 3.35. The molecule has 1 amide bonds. The smallest absolute Gasteiger partial charge is 0.257 e. The molecule has 1 aromatic carbocycles. The second-order valence-corrected chi connectivity index (χ2v) is 10.3. The molecule has 4 heterocycles. The number of rotatable bonds is 6. The standard InChI is InChI=1S/C25H26N4O2S2/c1-18(30)19-6-8-20(9-7-19)28-12-10-27(11-13-28)17-25(31)29-22(24-5-3-15-33-24)16-21(26-29)23-4-2-14-32-23/h2-9,14-15,22H,10-13,16-17H2,1H3/t22-/m1/s1. The van der Waals surface area contributed by atoms with E-state index < -0.39 is 0 Å². The van der Waals surface area contributed by atoms with Gasteiger partial charge in [0, 0.05) is 48.7 Å². The van der Waals surface area contributed by atoms with E-state index in [2.05, 4.69) is 32.7 Å². The maximum absolute atomic E-state index is 13.3. The second-order valence-electron chi connectivity index (χ2n) is 8.36. The number of carbonyl (C=O) groups excluding carboxylic acids is 2. The number of benzene rings is 1. The minimum absolute atomic E-state index is 0.0179. The van der Waals surface area contributed by atoms with Crippen molar-refractivity contribution in [3.63, 3.8) is 0 Å². The van der Waals surface area contributed by atoms with Gasteiger partial charge >= 0.3 is 0 Å². The number of amides is 1. The van der Waals surface area contributed by atoms with Crippen molar-refractivity contribution in [1.82, 2.24) is 9.91 Å². The Labute approximate surface area is 201 Å². The van der Waals surface area contributed by atoms with Crippen LogP contribution in [0.15, 0.2) is 64.4 Å². The second kappa shape index (κ2) is 9.59. The summed E-state index contributed by atoms with van der Waals surface area (Å²) in [5, 5.41) is 10.6. The van der Waals surface area contributed by atoms with Crippen LogP contribution in [0.5, 0.6) is 0 Å². The summed E-state index contributed by atoms with van der Waals surface area (Å²) in [7, 11) is 0. The first kappa shape index (κ1) is 22.0. The molecule has 0 saturated carbocycles. The first-order valence-corrected chi connectivity index (χ1v) is 12.9. The van der Waals surface area contributed by atoms with Gasteiger partial charge in [0.1, 0.15) is 0 Å². The molecule has 0 aliphatic carbocycles. The molecule has 2 aliphatic heterocycles. The minimum atomic E-state index is -0.0179. The fraction of sp³-hybridized carbons (Fsp3) is 0.320. The molecule has 0 N–H and O–H groups in total. The number of carbonyl (C=O) groups is 2. The van der Waals surface area contributed by atoms with Gasteiger partial charge in [-0.25, -0.2) is 5.01 Å². The van der Waals surface area contributed by atoms with E-state index >= 15 is 0 Å². The highest BCUT2D eigenvalue weighted by molar-refractivity contribution is 7.12. The molecule has 1 atom stereocenters. The number of hydrazone groups is 1. The van der Waals surface area contributed by atoms with Gasteiger partial charge in [-0.2, -0.15) is 5.10 Å². The molecule has 1 fully saturated rings. The number of Topliss-reactive ketones (excluding diaryl/α,β-unsaturated/α-hetero) is 1. The molecule has 2 aromatic heterocycles. The highest BCUT2D eigenvalue weighted by Crippen LogP contribution is 2.36. The number of anilines is 1. The number of hydrogen-bond acceptors (Lipinski definition) is 7. The van der Waals surface area contributed by atoms with Crippen molar-refractivity contribution in [2.75, 3.05) is 37.6 Å². The molecule has 1 saturated heterocycles. The van der Waals surface area contributed by atoms with Gasteiger partial charge in [-0.3, -0.25) is 14.5 Å². The topological polar surface area (TPSA) is 56.2 Å². The Morgan fingerprint density at radius 1 is 0.970 bits per heavy atom. The van der Waals surface area contributed by atoms with Gasteiger partial charge in [-0.05, 0) is 54.1 Å². The maximum atomic E-state index is 13.3. The Morgan fingerprint density at radius 2 is 1.70 bits per heavy atom. The molecule has 8 heteroatoms. The van der Waals surface area contributed by atoms with Crippen LogP contribution in [-0.2, 0) is 4.79 Å². The highest BCUT2D eigenvalue weighted by Gasteiger charge is 2.35. The molecule has 0 bridgehead atoms. The van der Waals surface area contributed by atoms with Crippen molar-refractivity contribution in [2.24, 2.45) is 5.10 Å². The van der Waals surface area contributed by atoms with Crippen molar-refractivity contribution in [2.45, 2.75) is 19.4 Å². The molecule has 2 aliphatic rings. The van der Waals surface area contributed by atoms with Crippen LogP contribution in [0.1, 0.15) is 39.5 Å². The molecule has 0 spiro atoms. The molecule has 0 unspecified atom stereocenters. The number of piperazine rings is 1. The molecule has 3 aromatic rings. The summed E-state index contributed by atoms with van der Waals surface area (Å²) < 4.78 is 0. The van der Waals surface area contributed by atoms with Crippen LogP contribution in [0.25, 0.3) is 0 Å². The Kier molecular flexibility index (Phi) is 6.39. The van der Waals surface area contributed by atoms with Gasteiger partial charge in [0.25, 0.3) is 5.91 Å². The average Bonchev–Trinajstić information content (AvgIpc) is 3.61. The number of nitrogens with zero attached hydrogens (tertiary/aromatic N) is 4. The maximum Gasteiger partial charge on any atom is 0.257 e. The monoisotopic (exact) mass is 478 g/mol. The molecule has 6 nitrogen and oxygen atoms in total. The molecule has 5 rings (SSSR count). The lowest BCUT2D eigenvalue weighted by atomic mass is 10.1. The quantitative estimate of drug-likeness (QED) is 0.489. The molecule has 0 radical (unpaired) electrons. The van der Waals surface area contributed by atoms with Crippen LogP contribution in [0.4, 0.5) is 5.69 Å². The molecular weight excluding hydrogens is 452 g/mol. The lowest BCUT2D eigenvalue weighted by Crippen LogP contribution is -2.49. The van der Waals surface area contributed by atoms with Crippen LogP contribution < -0.4 is 4.90 Å². The first-order valence-electron chi connectivity index (χ1n) is 11.1. The summed E-state index contributed by atoms with van der Waals surface area (Å²) in [6, 6.07) is 16.0. The Hall–Kier alpha value is -2.81. The summed E-state index contributed by atoms with van der Waals surface area (Å²) in [6.07, 6.45) is 0.761. The van der Waals surface area contributed by atoms with Gasteiger partial charge in [0.05, 0.1) is 23.2 Å². The third-order valence-electron chi connectivity index (χ3n) is 6.21. The average molecular weight is 479 g/mol. The van der Waals surface area contributed by atoms with Crippen molar-refractivity contribution in [3.8, 4) is 0 Å². The van der Waals surface area contributed by atoms with Crippen LogP contribution in [0, 0.1) is 0 Å². The fourth-order valence-electron chi connectivity index (χ4n) is 4.37. The van der Waals surface area contributed by atoms with Gasteiger partial charge in [-0.15, -0.1) is 22.7 Å². The summed E-state index contributed by atoms with van der Waals surface area (Å²) in [4.78, 5) is 31.7. The van der Waals surface area contributed by atoms with Gasteiger partial charge < -0.3 is 4.90 Å². The van der Waals surface area contributed by atoms with Crippen LogP contribution >= 0.6 is 22.7 Å². The predicted octanol–water partition coefficient (Wildman–Crippen LogP) is 4.51. The predicted molar refractivity (Wildman–Crippen MR) is 134 cm³/mol. The van der Waals surface area contributed by atoms with E-state index in [9.17, 15) is 9.59 Å². The van der Waals surface area contributed by atoms with E-state index in [4.69, 9.17) is 5.10 Å². The fourth-order valence-corrected chi connectivity index (χ4v) is 5.90. The zero-order valence-electron chi connectivity index (χ0n) is 18.5. The minimum Gasteiger partial charge on any atom is -0.369 e. The van der Waals surface area contributed by atoms with Crippen LogP contribution in [0.2, 0.25) is 0 Å². The molecule has 33 heavy (non-hydrogen) atoms. The van der Waals surface area contributed by atoms with Crippen molar-refractivity contribution >= 4 is 45.8 Å². The Morgan fingerprint density at radius 3 is 2.33 bits per heavy atom. The lowest BCUT2D eigenvalue weighted by molar-refractivity contribution is -0.134. The number of thiophene rings is 2.